The van der Waals surface area contributed by atoms with Gasteiger partial charge in [-0.2, -0.15) is 0 Å². The quantitative estimate of drug-likeness (QED) is 0.0833. The molecular weight excluding hydrogens is 692 g/mol. The van der Waals surface area contributed by atoms with Gasteiger partial charge in [-0.05, 0) is 19.0 Å². The summed E-state index contributed by atoms with van der Waals surface area (Å²) >= 11 is 0. The highest BCUT2D eigenvalue weighted by atomic mass is 16.8. The van der Waals surface area contributed by atoms with E-state index in [0.29, 0.717) is 0 Å². The summed E-state index contributed by atoms with van der Waals surface area (Å²) in [5, 5.41) is 85.8. The number of hydrogen-bond acceptors (Lipinski definition) is 20. The molecule has 20 nitrogen and oxygen atoms in total. The summed E-state index contributed by atoms with van der Waals surface area (Å²) in [6.45, 7) is -0.878. The minimum atomic E-state index is -1.64. The number of aliphatic hydroxyl groups is 8. The molecule has 1 saturated carbocycles. The van der Waals surface area contributed by atoms with Gasteiger partial charge in [-0.3, -0.25) is 4.90 Å². The van der Waals surface area contributed by atoms with Crippen LogP contribution in [0.4, 0.5) is 0 Å². The summed E-state index contributed by atoms with van der Waals surface area (Å²) in [5.74, 6) is 0. The van der Waals surface area contributed by atoms with E-state index in [4.69, 9.17) is 57.1 Å². The highest BCUT2D eigenvalue weighted by Gasteiger charge is 2.54. The van der Waals surface area contributed by atoms with Gasteiger partial charge in [0.15, 0.2) is 18.9 Å². The van der Waals surface area contributed by atoms with E-state index in [0.717, 1.165) is 5.56 Å². The first-order chi connectivity index (χ1) is 24.7. The van der Waals surface area contributed by atoms with Crippen molar-refractivity contribution < 1.29 is 69.3 Å². The van der Waals surface area contributed by atoms with Gasteiger partial charge in [0, 0.05) is 31.6 Å². The number of hydrogen-bond donors (Lipinski definition) is 13. The van der Waals surface area contributed by atoms with Crippen molar-refractivity contribution in [2.45, 2.75) is 135 Å². The molecule has 298 valence electrons. The summed E-state index contributed by atoms with van der Waals surface area (Å²) < 4.78 is 35.5. The lowest BCUT2D eigenvalue weighted by Gasteiger charge is -2.47. The summed E-state index contributed by atoms with van der Waals surface area (Å²) in [6.07, 6.45) is -21.1. The monoisotopic (exact) mass is 748 g/mol. The predicted molar refractivity (Wildman–Crippen MR) is 178 cm³/mol. The molecule has 1 aliphatic carbocycles. The maximum Gasteiger partial charge on any atom is 0.187 e. The zero-order valence-electron chi connectivity index (χ0n) is 28.8. The molecule has 18 N–H and O–H groups in total. The van der Waals surface area contributed by atoms with E-state index in [1.165, 1.54) is 0 Å². The van der Waals surface area contributed by atoms with Crippen LogP contribution in [0.5, 0.6) is 0 Å². The first-order valence-corrected chi connectivity index (χ1v) is 17.4. The molecule has 1 aromatic carbocycles. The normalized spacial score (nSPS) is 46.4. The van der Waals surface area contributed by atoms with Crippen LogP contribution in [0.2, 0.25) is 0 Å². The molecular formula is C32H56N6O14. The molecule has 0 amide bonds. The van der Waals surface area contributed by atoms with Gasteiger partial charge in [0.25, 0.3) is 0 Å². The van der Waals surface area contributed by atoms with Crippen LogP contribution in [-0.4, -0.2) is 195 Å². The molecule has 5 rings (SSSR count). The molecule has 52 heavy (non-hydrogen) atoms. The Kier molecular flexibility index (Phi) is 14.3. The number of benzene rings is 1. The van der Waals surface area contributed by atoms with Crippen molar-refractivity contribution in [1.29, 1.82) is 0 Å². The van der Waals surface area contributed by atoms with Gasteiger partial charge in [0.05, 0.1) is 24.8 Å². The fourth-order valence-corrected chi connectivity index (χ4v) is 7.09. The minimum absolute atomic E-state index is 0.0363. The van der Waals surface area contributed by atoms with Crippen molar-refractivity contribution in [2.24, 2.45) is 28.7 Å². The van der Waals surface area contributed by atoms with Crippen molar-refractivity contribution in [3.05, 3.63) is 35.9 Å². The fraction of sp³-hybridized carbons (Fsp3) is 0.812. The Morgan fingerprint density at radius 3 is 1.83 bits per heavy atom. The Morgan fingerprint density at radius 1 is 0.692 bits per heavy atom. The van der Waals surface area contributed by atoms with Crippen LogP contribution in [0.3, 0.4) is 0 Å². The molecule has 3 heterocycles. The zero-order chi connectivity index (χ0) is 38.0. The van der Waals surface area contributed by atoms with Crippen molar-refractivity contribution in [3.8, 4) is 0 Å². The Balaban J connectivity index is 1.28. The van der Waals surface area contributed by atoms with E-state index < -0.39 is 129 Å². The number of likely N-dealkylation sites (N-methyl/N-ethyl adjacent to an activating group) is 1. The van der Waals surface area contributed by atoms with Crippen LogP contribution >= 0.6 is 0 Å². The number of ether oxygens (including phenoxy) is 6. The van der Waals surface area contributed by atoms with Crippen LogP contribution in [-0.2, 0) is 34.8 Å². The average Bonchev–Trinajstić information content (AvgIpc) is 3.42. The largest absolute Gasteiger partial charge is 0.394 e. The van der Waals surface area contributed by atoms with E-state index in [9.17, 15) is 40.9 Å². The van der Waals surface area contributed by atoms with Crippen LogP contribution in [0, 0.1) is 0 Å². The fourth-order valence-electron chi connectivity index (χ4n) is 7.09. The second-order valence-corrected chi connectivity index (χ2v) is 14.1. The molecule has 1 aromatic rings. The second-order valence-electron chi connectivity index (χ2n) is 14.1. The van der Waals surface area contributed by atoms with Gasteiger partial charge in [-0.1, -0.05) is 30.3 Å². The predicted octanol–water partition coefficient (Wildman–Crippen LogP) is -7.36. The summed E-state index contributed by atoms with van der Waals surface area (Å²) in [4.78, 5) is 1.54. The van der Waals surface area contributed by atoms with Crippen LogP contribution in [0.1, 0.15) is 12.0 Å². The number of rotatable bonds is 13. The lowest BCUT2D eigenvalue weighted by Crippen LogP contribution is -2.68. The summed E-state index contributed by atoms with van der Waals surface area (Å²) in [7, 11) is 1.62. The second kappa shape index (κ2) is 17.9. The molecule has 4 aliphatic rings. The molecule has 0 radical (unpaired) electrons. The first kappa shape index (κ1) is 41.6. The van der Waals surface area contributed by atoms with E-state index in [-0.39, 0.29) is 25.9 Å². The van der Waals surface area contributed by atoms with Crippen molar-refractivity contribution in [1.82, 2.24) is 4.90 Å². The van der Waals surface area contributed by atoms with Gasteiger partial charge in [0.1, 0.15) is 73.4 Å². The lowest BCUT2D eigenvalue weighted by molar-refractivity contribution is -0.310. The van der Waals surface area contributed by atoms with E-state index in [1.807, 2.05) is 30.3 Å². The van der Waals surface area contributed by atoms with E-state index in [2.05, 4.69) is 0 Å². The third kappa shape index (κ3) is 8.93. The third-order valence-corrected chi connectivity index (χ3v) is 10.4. The SMILES string of the molecule is CN(C[C@H]1O[C@H](O[C@H]2[C@H](O[C@@H]3O[C@H](CO)[C@@H](O[C@H]4OC(CN)[C@@H](O)[C@H](O)[C@H]4N)[C@H]3O)[C@@H](O)[C@H](N)C[C@@H]2N)[C@H](N)[C@@H](O)[C@@H]1O)C(O)Cc1ccccc1. The summed E-state index contributed by atoms with van der Waals surface area (Å²) in [6, 6.07) is 4.93. The van der Waals surface area contributed by atoms with Crippen molar-refractivity contribution in [3.63, 3.8) is 0 Å². The number of aliphatic hydroxyl groups excluding tert-OH is 8. The zero-order valence-corrected chi connectivity index (χ0v) is 28.8. The summed E-state index contributed by atoms with van der Waals surface area (Å²) in [5.41, 5.74) is 31.4. The van der Waals surface area contributed by atoms with Gasteiger partial charge in [0.2, 0.25) is 0 Å². The molecule has 3 aliphatic heterocycles. The molecule has 20 heteroatoms. The Labute approximate surface area is 300 Å². The topological polar surface area (TPSA) is 351 Å². The van der Waals surface area contributed by atoms with E-state index >= 15 is 0 Å². The highest BCUT2D eigenvalue weighted by molar-refractivity contribution is 5.15. The highest BCUT2D eigenvalue weighted by Crippen LogP contribution is 2.34. The van der Waals surface area contributed by atoms with Crippen molar-refractivity contribution in [2.75, 3.05) is 26.7 Å². The third-order valence-electron chi connectivity index (χ3n) is 10.4. The van der Waals surface area contributed by atoms with E-state index in [1.54, 1.807) is 11.9 Å². The Bertz CT molecular complexity index is 1250. The van der Waals surface area contributed by atoms with Crippen LogP contribution in [0.25, 0.3) is 0 Å². The molecule has 2 unspecified atom stereocenters. The molecule has 0 aromatic heterocycles. The van der Waals surface area contributed by atoms with Gasteiger partial charge >= 0.3 is 0 Å². The van der Waals surface area contributed by atoms with Gasteiger partial charge < -0.3 is 97.9 Å². The molecule has 4 fully saturated rings. The molecule has 0 spiro atoms. The lowest BCUT2D eigenvalue weighted by atomic mass is 9.84. The smallest absolute Gasteiger partial charge is 0.187 e. The van der Waals surface area contributed by atoms with Crippen LogP contribution < -0.4 is 28.7 Å². The average molecular weight is 749 g/mol. The Morgan fingerprint density at radius 2 is 1.23 bits per heavy atom. The number of nitrogens with two attached hydrogens (primary N) is 5. The molecule has 20 atom stereocenters. The number of nitrogens with zero attached hydrogens (tertiary/aromatic N) is 1. The van der Waals surface area contributed by atoms with Crippen LogP contribution in [0.15, 0.2) is 30.3 Å². The molecule has 0 bridgehead atoms. The maximum atomic E-state index is 11.3. The van der Waals surface area contributed by atoms with Gasteiger partial charge in [-0.15, -0.1) is 0 Å². The maximum absolute atomic E-state index is 11.3. The van der Waals surface area contributed by atoms with Crippen molar-refractivity contribution >= 4 is 0 Å². The minimum Gasteiger partial charge on any atom is -0.394 e. The molecule has 3 saturated heterocycles. The standard InChI is InChI=1S/C32H56N6O14/c1-38(18(40)7-12-5-3-2-4-6-12)10-16-23(43)25(45)20(37)31(48-16)50-27-14(35)8-13(34)21(41)29(27)52-32-26(46)28(17(11-39)49-32)51-30-19(36)24(44)22(42)15(9-33)47-30/h2-6,13-32,39-46H,7-11,33-37H2,1H3/t13-,14+,15?,16-,17-,18?,19-,20-,21+,22-,23-,24-,25-,26-,27-,28-,29-,30-,31-,32+/m1/s1. The van der Waals surface area contributed by atoms with Gasteiger partial charge in [-0.25, -0.2) is 0 Å². The Hall–Kier alpha value is -1.58. The first-order valence-electron chi connectivity index (χ1n) is 17.4.